The predicted octanol–water partition coefficient (Wildman–Crippen LogP) is 0.768. The van der Waals surface area contributed by atoms with Crippen molar-refractivity contribution in [3.8, 4) is 0 Å². The normalized spacial score (nSPS) is 10.4. The van der Waals surface area contributed by atoms with Crippen LogP contribution in [-0.4, -0.2) is 44.2 Å². The zero-order valence-corrected chi connectivity index (χ0v) is 9.49. The fourth-order valence-corrected chi connectivity index (χ4v) is 0.873. The first-order chi connectivity index (χ1) is 7.16. The molecule has 0 aromatic heterocycles. The number of ether oxygens (including phenoxy) is 2. The van der Waals surface area contributed by atoms with Gasteiger partial charge in [-0.25, -0.2) is 4.79 Å². The van der Waals surface area contributed by atoms with E-state index in [0.29, 0.717) is 19.1 Å². The molecule has 90 valence electrons. The van der Waals surface area contributed by atoms with Gasteiger partial charge in [0, 0.05) is 19.8 Å². The second-order valence-corrected chi connectivity index (χ2v) is 3.61. The van der Waals surface area contributed by atoms with Crippen LogP contribution in [0, 0.1) is 5.92 Å². The van der Waals surface area contributed by atoms with E-state index in [1.807, 2.05) is 0 Å². The molecule has 0 fully saturated rings. The molecule has 0 bridgehead atoms. The molecule has 5 heteroatoms. The van der Waals surface area contributed by atoms with E-state index in [-0.39, 0.29) is 13.2 Å². The first-order valence-corrected chi connectivity index (χ1v) is 5.26. The summed E-state index contributed by atoms with van der Waals surface area (Å²) in [5.74, 6) is 0.535. The van der Waals surface area contributed by atoms with Gasteiger partial charge in [-0.1, -0.05) is 13.8 Å². The summed E-state index contributed by atoms with van der Waals surface area (Å²) in [6.45, 7) is 5.98. The predicted molar refractivity (Wildman–Crippen MR) is 56.7 cm³/mol. The highest BCUT2D eigenvalue weighted by atomic mass is 16.6. The second-order valence-electron chi connectivity index (χ2n) is 3.61. The molecule has 0 aliphatic rings. The zero-order chi connectivity index (χ0) is 11.5. The van der Waals surface area contributed by atoms with E-state index in [0.717, 1.165) is 13.0 Å². The highest BCUT2D eigenvalue weighted by molar-refractivity contribution is 5.66. The van der Waals surface area contributed by atoms with Crippen molar-refractivity contribution in [1.29, 1.82) is 0 Å². The van der Waals surface area contributed by atoms with Gasteiger partial charge >= 0.3 is 6.09 Å². The van der Waals surface area contributed by atoms with Gasteiger partial charge < -0.3 is 19.9 Å². The molecule has 5 nitrogen and oxygen atoms in total. The highest BCUT2D eigenvalue weighted by Crippen LogP contribution is 1.92. The number of carbonyl (C=O) groups is 1. The van der Waals surface area contributed by atoms with E-state index in [1.54, 1.807) is 0 Å². The maximum absolute atomic E-state index is 10.9. The van der Waals surface area contributed by atoms with Crippen LogP contribution < -0.4 is 5.32 Å². The Morgan fingerprint density at radius 2 is 2.13 bits per heavy atom. The molecular formula is C10H21NO4. The molecular weight excluding hydrogens is 198 g/mol. The van der Waals surface area contributed by atoms with E-state index in [1.165, 1.54) is 0 Å². The zero-order valence-electron chi connectivity index (χ0n) is 9.49. The van der Waals surface area contributed by atoms with Crippen LogP contribution in [0.15, 0.2) is 0 Å². The molecule has 0 atom stereocenters. The van der Waals surface area contributed by atoms with E-state index in [9.17, 15) is 4.79 Å². The van der Waals surface area contributed by atoms with Crippen LogP contribution in [0.5, 0.6) is 0 Å². The quantitative estimate of drug-likeness (QED) is 0.592. The Kier molecular flexibility index (Phi) is 9.21. The van der Waals surface area contributed by atoms with Crippen molar-refractivity contribution in [3.05, 3.63) is 0 Å². The summed E-state index contributed by atoms with van der Waals surface area (Å²) in [5, 5.41) is 10.9. The standard InChI is InChI=1S/C10H21NO4/c1-9(2)8-14-6-3-4-11-10(13)15-7-5-12/h9,12H,3-8H2,1-2H3,(H,11,13). The third kappa shape index (κ3) is 11.1. The summed E-state index contributed by atoms with van der Waals surface area (Å²) in [7, 11) is 0. The maximum Gasteiger partial charge on any atom is 0.407 e. The van der Waals surface area contributed by atoms with Gasteiger partial charge in [0.15, 0.2) is 0 Å². The fraction of sp³-hybridized carbons (Fsp3) is 0.900. The van der Waals surface area contributed by atoms with E-state index >= 15 is 0 Å². The van der Waals surface area contributed by atoms with Crippen molar-refractivity contribution in [1.82, 2.24) is 5.32 Å². The van der Waals surface area contributed by atoms with Crippen molar-refractivity contribution in [3.63, 3.8) is 0 Å². The van der Waals surface area contributed by atoms with Gasteiger partial charge in [-0.2, -0.15) is 0 Å². The molecule has 0 aromatic rings. The van der Waals surface area contributed by atoms with E-state index in [4.69, 9.17) is 9.84 Å². The smallest absolute Gasteiger partial charge is 0.407 e. The Bertz CT molecular complexity index is 162. The highest BCUT2D eigenvalue weighted by Gasteiger charge is 1.99. The Balaban J connectivity index is 3.13. The molecule has 15 heavy (non-hydrogen) atoms. The number of alkyl carbamates (subject to hydrolysis) is 1. The average Bonchev–Trinajstić information content (AvgIpc) is 2.19. The van der Waals surface area contributed by atoms with Crippen LogP contribution >= 0.6 is 0 Å². The van der Waals surface area contributed by atoms with E-state index in [2.05, 4.69) is 23.9 Å². The Labute approximate surface area is 90.8 Å². The molecule has 2 N–H and O–H groups in total. The minimum absolute atomic E-state index is 0.0374. The molecule has 0 radical (unpaired) electrons. The molecule has 0 unspecified atom stereocenters. The molecule has 0 aliphatic heterocycles. The van der Waals surface area contributed by atoms with Crippen LogP contribution in [0.3, 0.4) is 0 Å². The summed E-state index contributed by atoms with van der Waals surface area (Å²) < 4.78 is 9.92. The Morgan fingerprint density at radius 1 is 1.40 bits per heavy atom. The number of aliphatic hydroxyl groups excluding tert-OH is 1. The van der Waals surface area contributed by atoms with Crippen LogP contribution in [0.1, 0.15) is 20.3 Å². The van der Waals surface area contributed by atoms with Gasteiger partial charge in [0.2, 0.25) is 0 Å². The first-order valence-electron chi connectivity index (χ1n) is 5.26. The van der Waals surface area contributed by atoms with Gasteiger partial charge in [0.25, 0.3) is 0 Å². The number of nitrogens with one attached hydrogen (secondary N) is 1. The van der Waals surface area contributed by atoms with Crippen LogP contribution in [0.25, 0.3) is 0 Å². The number of rotatable bonds is 8. The maximum atomic E-state index is 10.9. The van der Waals surface area contributed by atoms with Gasteiger partial charge in [-0.3, -0.25) is 0 Å². The lowest BCUT2D eigenvalue weighted by Gasteiger charge is -2.07. The van der Waals surface area contributed by atoms with Gasteiger partial charge in [-0.15, -0.1) is 0 Å². The first kappa shape index (κ1) is 14.2. The van der Waals surface area contributed by atoms with Gasteiger partial charge in [0.1, 0.15) is 6.61 Å². The number of amides is 1. The molecule has 0 aliphatic carbocycles. The van der Waals surface area contributed by atoms with E-state index < -0.39 is 6.09 Å². The lowest BCUT2D eigenvalue weighted by molar-refractivity contribution is 0.103. The summed E-state index contributed by atoms with van der Waals surface area (Å²) >= 11 is 0. The average molecular weight is 219 g/mol. The largest absolute Gasteiger partial charge is 0.447 e. The molecule has 0 saturated carbocycles. The molecule has 0 saturated heterocycles. The molecule has 0 rings (SSSR count). The van der Waals surface area contributed by atoms with Gasteiger partial charge in [0.05, 0.1) is 6.61 Å². The fourth-order valence-electron chi connectivity index (χ4n) is 0.873. The summed E-state index contributed by atoms with van der Waals surface area (Å²) in [6.07, 6.45) is 0.272. The van der Waals surface area contributed by atoms with Gasteiger partial charge in [-0.05, 0) is 12.3 Å². The van der Waals surface area contributed by atoms with Crippen LogP contribution in [-0.2, 0) is 9.47 Å². The third-order valence-corrected chi connectivity index (χ3v) is 1.51. The minimum atomic E-state index is -0.493. The monoisotopic (exact) mass is 219 g/mol. The summed E-state index contributed by atoms with van der Waals surface area (Å²) in [5.41, 5.74) is 0. The third-order valence-electron chi connectivity index (χ3n) is 1.51. The summed E-state index contributed by atoms with van der Waals surface area (Å²) in [4.78, 5) is 10.9. The number of hydrogen-bond donors (Lipinski definition) is 2. The number of aliphatic hydroxyl groups is 1. The molecule has 0 spiro atoms. The molecule has 0 aromatic carbocycles. The molecule has 0 heterocycles. The van der Waals surface area contributed by atoms with Crippen molar-refractivity contribution in [2.24, 2.45) is 5.92 Å². The van der Waals surface area contributed by atoms with Crippen LogP contribution in [0.4, 0.5) is 4.79 Å². The SMILES string of the molecule is CC(C)COCCCNC(=O)OCCO. The van der Waals surface area contributed by atoms with Crippen molar-refractivity contribution in [2.45, 2.75) is 20.3 Å². The Hall–Kier alpha value is -0.810. The van der Waals surface area contributed by atoms with Crippen molar-refractivity contribution in [2.75, 3.05) is 33.0 Å². The topological polar surface area (TPSA) is 67.8 Å². The number of carbonyl (C=O) groups excluding carboxylic acids is 1. The van der Waals surface area contributed by atoms with Crippen molar-refractivity contribution >= 4 is 6.09 Å². The van der Waals surface area contributed by atoms with Crippen LogP contribution in [0.2, 0.25) is 0 Å². The minimum Gasteiger partial charge on any atom is -0.447 e. The lowest BCUT2D eigenvalue weighted by Crippen LogP contribution is -2.27. The molecule has 1 amide bonds. The lowest BCUT2D eigenvalue weighted by atomic mass is 10.2. The summed E-state index contributed by atoms with van der Waals surface area (Å²) in [6, 6.07) is 0. The number of hydrogen-bond acceptors (Lipinski definition) is 4. The second kappa shape index (κ2) is 9.73. The van der Waals surface area contributed by atoms with Crippen molar-refractivity contribution < 1.29 is 19.4 Å². The Morgan fingerprint density at radius 3 is 2.73 bits per heavy atom.